The van der Waals surface area contributed by atoms with Crippen LogP contribution in [0.4, 0.5) is 0 Å². The summed E-state index contributed by atoms with van der Waals surface area (Å²) in [5.41, 5.74) is 1.01. The van der Waals surface area contributed by atoms with Gasteiger partial charge in [0.15, 0.2) is 5.78 Å². The summed E-state index contributed by atoms with van der Waals surface area (Å²) in [5.74, 6) is 0.489. The minimum absolute atomic E-state index is 0.147. The average molecular weight is 314 g/mol. The molecule has 2 aliphatic carbocycles. The molecule has 2 rings (SSSR count). The van der Waals surface area contributed by atoms with Gasteiger partial charge in [0.25, 0.3) is 0 Å². The topological polar surface area (TPSA) is 17.1 Å². The molecule has 2 unspecified atom stereocenters. The van der Waals surface area contributed by atoms with E-state index in [-0.39, 0.29) is 5.92 Å². The molecule has 80 valence electrons. The van der Waals surface area contributed by atoms with Crippen LogP contribution in [0.5, 0.6) is 0 Å². The molecular formula is C13H15IO. The molecule has 1 nitrogen and oxygen atoms in total. The van der Waals surface area contributed by atoms with Crippen molar-refractivity contribution < 1.29 is 4.79 Å². The maximum Gasteiger partial charge on any atom is 0.166 e. The van der Waals surface area contributed by atoms with Crippen molar-refractivity contribution in [3.63, 3.8) is 0 Å². The van der Waals surface area contributed by atoms with E-state index in [1.165, 1.54) is 0 Å². The highest BCUT2D eigenvalue weighted by molar-refractivity contribution is 14.1. The van der Waals surface area contributed by atoms with Gasteiger partial charge in [0.1, 0.15) is 0 Å². The van der Waals surface area contributed by atoms with Gasteiger partial charge in [-0.2, -0.15) is 0 Å². The lowest BCUT2D eigenvalue weighted by Gasteiger charge is -2.20. The standard InChI is InChI=1S/C13H15IO/c14-12-9-5-4-8-11(12)13(15)10-6-2-1-3-7-10/h2,4-6,8,10,12H,1,3,7,9H2. The Bertz CT molecular complexity index is 338. The second-order valence-electron chi connectivity index (χ2n) is 4.08. The SMILES string of the molecule is O=C(C1=CC=CCC1I)C1C=CCCC1. The van der Waals surface area contributed by atoms with Gasteiger partial charge in [0.2, 0.25) is 0 Å². The van der Waals surface area contributed by atoms with Crippen LogP contribution in [0.3, 0.4) is 0 Å². The third-order valence-corrected chi connectivity index (χ3v) is 4.15. The molecular weight excluding hydrogens is 299 g/mol. The third-order valence-electron chi connectivity index (χ3n) is 2.97. The van der Waals surface area contributed by atoms with Gasteiger partial charge in [-0.15, -0.1) is 0 Å². The molecule has 0 aromatic rings. The summed E-state index contributed by atoms with van der Waals surface area (Å²) in [5, 5.41) is 0. The summed E-state index contributed by atoms with van der Waals surface area (Å²) >= 11 is 2.37. The van der Waals surface area contributed by atoms with Crippen LogP contribution >= 0.6 is 22.6 Å². The highest BCUT2D eigenvalue weighted by Gasteiger charge is 2.25. The molecule has 0 aromatic carbocycles. The highest BCUT2D eigenvalue weighted by Crippen LogP contribution is 2.28. The van der Waals surface area contributed by atoms with Crippen LogP contribution in [0.15, 0.2) is 36.0 Å². The van der Waals surface area contributed by atoms with Crippen LogP contribution in [-0.2, 0) is 4.79 Å². The Kier molecular flexibility index (Phi) is 3.78. The zero-order chi connectivity index (χ0) is 10.7. The Morgan fingerprint density at radius 1 is 1.40 bits per heavy atom. The summed E-state index contributed by atoms with van der Waals surface area (Å²) < 4.78 is 0.371. The van der Waals surface area contributed by atoms with Crippen LogP contribution < -0.4 is 0 Å². The predicted octanol–water partition coefficient (Wildman–Crippen LogP) is 3.60. The summed E-state index contributed by atoms with van der Waals surface area (Å²) in [4.78, 5) is 12.2. The highest BCUT2D eigenvalue weighted by atomic mass is 127. The summed E-state index contributed by atoms with van der Waals surface area (Å²) in [6, 6.07) is 0. The number of rotatable bonds is 2. The van der Waals surface area contributed by atoms with Crippen LogP contribution in [0.1, 0.15) is 25.7 Å². The third kappa shape index (κ3) is 2.60. The number of allylic oxidation sites excluding steroid dienone is 6. The van der Waals surface area contributed by atoms with E-state index in [0.29, 0.717) is 9.71 Å². The normalized spacial score (nSPS) is 30.1. The second kappa shape index (κ2) is 5.10. The Morgan fingerprint density at radius 2 is 2.27 bits per heavy atom. The first-order valence-corrected chi connectivity index (χ1v) is 6.75. The zero-order valence-corrected chi connectivity index (χ0v) is 10.8. The molecule has 2 atom stereocenters. The maximum atomic E-state index is 12.2. The van der Waals surface area contributed by atoms with Gasteiger partial charge < -0.3 is 0 Å². The number of hydrogen-bond donors (Lipinski definition) is 0. The Morgan fingerprint density at radius 3 is 2.93 bits per heavy atom. The molecule has 0 amide bonds. The van der Waals surface area contributed by atoms with E-state index in [0.717, 1.165) is 31.3 Å². The number of halogens is 1. The molecule has 0 spiro atoms. The van der Waals surface area contributed by atoms with Crippen LogP contribution in [0, 0.1) is 5.92 Å². The first-order valence-electron chi connectivity index (χ1n) is 5.50. The monoisotopic (exact) mass is 314 g/mol. The fourth-order valence-corrected chi connectivity index (χ4v) is 2.89. The number of carbonyl (C=O) groups excluding carboxylic acids is 1. The maximum absolute atomic E-state index is 12.2. The Balaban J connectivity index is 2.12. The molecule has 0 N–H and O–H groups in total. The van der Waals surface area contributed by atoms with Gasteiger partial charge in [-0.1, -0.05) is 53.0 Å². The molecule has 0 bridgehead atoms. The quantitative estimate of drug-likeness (QED) is 0.432. The van der Waals surface area contributed by atoms with Gasteiger partial charge in [0, 0.05) is 15.4 Å². The van der Waals surface area contributed by atoms with Crippen LogP contribution in [0.25, 0.3) is 0 Å². The van der Waals surface area contributed by atoms with Crippen molar-refractivity contribution in [1.82, 2.24) is 0 Å². The van der Waals surface area contributed by atoms with Crippen molar-refractivity contribution in [1.29, 1.82) is 0 Å². The van der Waals surface area contributed by atoms with E-state index in [1.54, 1.807) is 0 Å². The van der Waals surface area contributed by atoms with Crippen molar-refractivity contribution in [3.8, 4) is 0 Å². The number of Topliss-reactive ketones (excluding diaryl/α,β-unsaturated/α-hetero) is 1. The minimum atomic E-state index is 0.147. The van der Waals surface area contributed by atoms with Crippen molar-refractivity contribution in [2.45, 2.75) is 29.6 Å². The Hall–Kier alpha value is -0.380. The Labute approximate surface area is 104 Å². The smallest absolute Gasteiger partial charge is 0.166 e. The van der Waals surface area contributed by atoms with Crippen molar-refractivity contribution >= 4 is 28.4 Å². The summed E-state index contributed by atoms with van der Waals surface area (Å²) in [7, 11) is 0. The molecule has 15 heavy (non-hydrogen) atoms. The second-order valence-corrected chi connectivity index (χ2v) is 5.59. The molecule has 0 heterocycles. The van der Waals surface area contributed by atoms with Gasteiger partial charge in [-0.05, 0) is 25.7 Å². The molecule has 0 aromatic heterocycles. The van der Waals surface area contributed by atoms with Gasteiger partial charge in [0.05, 0.1) is 0 Å². The molecule has 2 heteroatoms. The van der Waals surface area contributed by atoms with Crippen LogP contribution in [-0.4, -0.2) is 9.71 Å². The first-order chi connectivity index (χ1) is 7.29. The number of alkyl halides is 1. The van der Waals surface area contributed by atoms with Gasteiger partial charge in [-0.25, -0.2) is 0 Å². The molecule has 2 aliphatic rings. The number of hydrogen-bond acceptors (Lipinski definition) is 1. The van der Waals surface area contributed by atoms with Crippen molar-refractivity contribution in [2.75, 3.05) is 0 Å². The zero-order valence-electron chi connectivity index (χ0n) is 8.66. The lowest BCUT2D eigenvalue weighted by atomic mass is 9.86. The molecule has 0 aliphatic heterocycles. The molecule has 0 saturated heterocycles. The number of carbonyl (C=O) groups is 1. The number of ketones is 1. The van der Waals surface area contributed by atoms with E-state index in [1.807, 2.05) is 12.2 Å². The summed E-state index contributed by atoms with van der Waals surface area (Å²) in [6.07, 6.45) is 14.7. The van der Waals surface area contributed by atoms with Gasteiger partial charge in [-0.3, -0.25) is 4.79 Å². The van der Waals surface area contributed by atoms with Gasteiger partial charge >= 0.3 is 0 Å². The average Bonchev–Trinajstić information content (AvgIpc) is 2.30. The fourth-order valence-electron chi connectivity index (χ4n) is 2.08. The van der Waals surface area contributed by atoms with Crippen molar-refractivity contribution in [2.24, 2.45) is 5.92 Å². The van der Waals surface area contributed by atoms with E-state index in [4.69, 9.17) is 0 Å². The van der Waals surface area contributed by atoms with E-state index < -0.39 is 0 Å². The van der Waals surface area contributed by atoms with E-state index in [2.05, 4.69) is 40.8 Å². The van der Waals surface area contributed by atoms with E-state index in [9.17, 15) is 4.79 Å². The molecule has 0 saturated carbocycles. The first kappa shape index (κ1) is 11.1. The molecule has 0 fully saturated rings. The predicted molar refractivity (Wildman–Crippen MR) is 71.1 cm³/mol. The fraction of sp³-hybridized carbons (Fsp3) is 0.462. The minimum Gasteiger partial charge on any atom is -0.294 e. The summed E-state index contributed by atoms with van der Waals surface area (Å²) in [6.45, 7) is 0. The lowest BCUT2D eigenvalue weighted by Crippen LogP contribution is -2.22. The van der Waals surface area contributed by atoms with Crippen molar-refractivity contribution in [3.05, 3.63) is 36.0 Å². The lowest BCUT2D eigenvalue weighted by molar-refractivity contribution is -0.118. The largest absolute Gasteiger partial charge is 0.294 e. The van der Waals surface area contributed by atoms with Crippen LogP contribution in [0.2, 0.25) is 0 Å². The molecule has 0 radical (unpaired) electrons. The van der Waals surface area contributed by atoms with E-state index >= 15 is 0 Å².